The van der Waals surface area contributed by atoms with E-state index in [0.29, 0.717) is 13.2 Å². The molecule has 1 N–H and O–H groups in total. The number of para-hydroxylation sites is 2. The molecule has 3 rings (SSSR count). The van der Waals surface area contributed by atoms with E-state index in [4.69, 9.17) is 9.72 Å². The lowest BCUT2D eigenvalue weighted by molar-refractivity contribution is -0.116. The molecular formula is C26H33N3O2. The minimum Gasteiger partial charge on any atom is -0.494 e. The number of imidazole rings is 1. The van der Waals surface area contributed by atoms with E-state index in [1.807, 2.05) is 12.1 Å². The van der Waals surface area contributed by atoms with Crippen LogP contribution in [0.2, 0.25) is 0 Å². The molecule has 5 nitrogen and oxygen atoms in total. The van der Waals surface area contributed by atoms with Crippen molar-refractivity contribution in [1.29, 1.82) is 0 Å². The quantitative estimate of drug-likeness (QED) is 0.327. The Labute approximate surface area is 185 Å². The fourth-order valence-electron chi connectivity index (χ4n) is 3.65. The number of nitrogens with one attached hydrogen (secondary N) is 1. The Balaban J connectivity index is 1.53. The van der Waals surface area contributed by atoms with Crippen LogP contribution in [0.4, 0.5) is 0 Å². The molecule has 2 aromatic carbocycles. The van der Waals surface area contributed by atoms with E-state index in [1.54, 1.807) is 0 Å². The summed E-state index contributed by atoms with van der Waals surface area (Å²) in [5, 5.41) is 2.83. The summed E-state index contributed by atoms with van der Waals surface area (Å²) in [4.78, 5) is 16.1. The number of amides is 1. The zero-order valence-electron chi connectivity index (χ0n) is 18.7. The molecule has 0 aliphatic rings. The molecule has 0 saturated carbocycles. The van der Waals surface area contributed by atoms with Crippen LogP contribution in [0.3, 0.4) is 0 Å². The molecule has 164 valence electrons. The Morgan fingerprint density at radius 3 is 2.74 bits per heavy atom. The van der Waals surface area contributed by atoms with Crippen LogP contribution in [-0.2, 0) is 17.8 Å². The van der Waals surface area contributed by atoms with Gasteiger partial charge in [-0.1, -0.05) is 31.2 Å². The number of benzene rings is 2. The molecule has 3 aromatic rings. The Morgan fingerprint density at radius 1 is 1.10 bits per heavy atom. The first kappa shape index (κ1) is 22.6. The van der Waals surface area contributed by atoms with Crippen LogP contribution in [0.5, 0.6) is 5.75 Å². The zero-order valence-corrected chi connectivity index (χ0v) is 18.7. The van der Waals surface area contributed by atoms with Gasteiger partial charge in [-0.25, -0.2) is 4.98 Å². The van der Waals surface area contributed by atoms with Crippen LogP contribution in [-0.4, -0.2) is 28.6 Å². The van der Waals surface area contributed by atoms with Gasteiger partial charge in [-0.3, -0.25) is 4.79 Å². The predicted molar refractivity (Wildman–Crippen MR) is 127 cm³/mol. The maximum atomic E-state index is 11.2. The SMILES string of the molecule is C=CC(=O)NCCCCCc1nc2ccccc2n1CCCOc1ccc(C)c(C)c1. The Kier molecular flexibility index (Phi) is 8.27. The van der Waals surface area contributed by atoms with Gasteiger partial charge >= 0.3 is 0 Å². The molecule has 0 spiro atoms. The lowest BCUT2D eigenvalue weighted by Gasteiger charge is -2.11. The molecule has 0 unspecified atom stereocenters. The van der Waals surface area contributed by atoms with E-state index in [-0.39, 0.29) is 5.91 Å². The molecule has 0 bridgehead atoms. The first-order valence-corrected chi connectivity index (χ1v) is 11.1. The fraction of sp³-hybridized carbons (Fsp3) is 0.385. The predicted octanol–water partition coefficient (Wildman–Crippen LogP) is 5.14. The van der Waals surface area contributed by atoms with E-state index >= 15 is 0 Å². The highest BCUT2D eigenvalue weighted by Gasteiger charge is 2.10. The number of rotatable bonds is 12. The van der Waals surface area contributed by atoms with Gasteiger partial charge in [0, 0.05) is 19.5 Å². The number of hydrogen-bond donors (Lipinski definition) is 1. The summed E-state index contributed by atoms with van der Waals surface area (Å²) in [5.41, 5.74) is 4.77. The van der Waals surface area contributed by atoms with Crippen molar-refractivity contribution in [2.45, 2.75) is 52.5 Å². The summed E-state index contributed by atoms with van der Waals surface area (Å²) >= 11 is 0. The maximum absolute atomic E-state index is 11.2. The Hall–Kier alpha value is -3.08. The number of ether oxygens (including phenoxy) is 1. The van der Waals surface area contributed by atoms with Gasteiger partial charge in [-0.2, -0.15) is 0 Å². The number of aryl methyl sites for hydroxylation is 4. The minimum atomic E-state index is -0.107. The number of hydrogen-bond acceptors (Lipinski definition) is 3. The number of nitrogens with zero attached hydrogens (tertiary/aromatic N) is 2. The van der Waals surface area contributed by atoms with E-state index in [0.717, 1.165) is 55.7 Å². The van der Waals surface area contributed by atoms with Crippen molar-refractivity contribution in [1.82, 2.24) is 14.9 Å². The number of carbonyl (C=O) groups is 1. The third-order valence-corrected chi connectivity index (χ3v) is 5.57. The van der Waals surface area contributed by atoms with Crippen molar-refractivity contribution in [3.63, 3.8) is 0 Å². The third kappa shape index (κ3) is 6.45. The van der Waals surface area contributed by atoms with E-state index in [1.165, 1.54) is 22.7 Å². The summed E-state index contributed by atoms with van der Waals surface area (Å²) in [6.45, 7) is 9.95. The van der Waals surface area contributed by atoms with Gasteiger partial charge in [-0.05, 0) is 74.6 Å². The topological polar surface area (TPSA) is 56.2 Å². The lowest BCUT2D eigenvalue weighted by atomic mass is 10.1. The second kappa shape index (κ2) is 11.3. The first-order valence-electron chi connectivity index (χ1n) is 11.1. The largest absolute Gasteiger partial charge is 0.494 e. The molecule has 1 amide bonds. The summed E-state index contributed by atoms with van der Waals surface area (Å²) in [7, 11) is 0. The molecule has 1 heterocycles. The summed E-state index contributed by atoms with van der Waals surface area (Å²) in [6, 6.07) is 14.6. The molecule has 0 radical (unpaired) electrons. The van der Waals surface area contributed by atoms with E-state index in [2.05, 4.69) is 60.6 Å². The van der Waals surface area contributed by atoms with Crippen LogP contribution < -0.4 is 10.1 Å². The average molecular weight is 420 g/mol. The van der Waals surface area contributed by atoms with Crippen molar-refractivity contribution in [2.24, 2.45) is 0 Å². The fourth-order valence-corrected chi connectivity index (χ4v) is 3.65. The van der Waals surface area contributed by atoms with Gasteiger partial charge in [0.15, 0.2) is 0 Å². The molecule has 0 atom stereocenters. The average Bonchev–Trinajstić information content (AvgIpc) is 3.13. The highest BCUT2D eigenvalue weighted by atomic mass is 16.5. The van der Waals surface area contributed by atoms with Crippen LogP contribution >= 0.6 is 0 Å². The standard InChI is InChI=1S/C26H33N3O2/c1-4-26(30)27-16-9-5-6-13-25-28-23-11-7-8-12-24(23)29(25)17-10-18-31-22-15-14-20(2)21(3)19-22/h4,7-8,11-12,14-15,19H,1,5-6,9-10,13,16-18H2,2-3H3,(H,27,30). The second-order valence-electron chi connectivity index (χ2n) is 7.92. The number of carbonyl (C=O) groups excluding carboxylic acids is 1. The monoisotopic (exact) mass is 419 g/mol. The highest BCUT2D eigenvalue weighted by Crippen LogP contribution is 2.20. The normalized spacial score (nSPS) is 10.9. The lowest BCUT2D eigenvalue weighted by Crippen LogP contribution is -2.21. The molecule has 5 heteroatoms. The summed E-state index contributed by atoms with van der Waals surface area (Å²) in [6.07, 6.45) is 6.23. The van der Waals surface area contributed by atoms with Crippen molar-refractivity contribution in [3.8, 4) is 5.75 Å². The van der Waals surface area contributed by atoms with Crippen LogP contribution in [0.15, 0.2) is 55.1 Å². The Bertz CT molecular complexity index is 1020. The zero-order chi connectivity index (χ0) is 22.1. The molecule has 0 aliphatic carbocycles. The van der Waals surface area contributed by atoms with Gasteiger partial charge in [0.05, 0.1) is 17.6 Å². The van der Waals surface area contributed by atoms with Gasteiger partial charge < -0.3 is 14.6 Å². The maximum Gasteiger partial charge on any atom is 0.243 e. The number of aromatic nitrogens is 2. The van der Waals surface area contributed by atoms with Crippen LogP contribution in [0, 0.1) is 13.8 Å². The van der Waals surface area contributed by atoms with Gasteiger partial charge in [-0.15, -0.1) is 0 Å². The van der Waals surface area contributed by atoms with Gasteiger partial charge in [0.25, 0.3) is 0 Å². The Morgan fingerprint density at radius 2 is 1.94 bits per heavy atom. The second-order valence-corrected chi connectivity index (χ2v) is 7.92. The first-order chi connectivity index (χ1) is 15.1. The van der Waals surface area contributed by atoms with Gasteiger partial charge in [0.1, 0.15) is 11.6 Å². The molecule has 0 fully saturated rings. The van der Waals surface area contributed by atoms with E-state index < -0.39 is 0 Å². The smallest absolute Gasteiger partial charge is 0.243 e. The highest BCUT2D eigenvalue weighted by molar-refractivity contribution is 5.86. The third-order valence-electron chi connectivity index (χ3n) is 5.57. The number of fused-ring (bicyclic) bond motifs is 1. The summed E-state index contributed by atoms with van der Waals surface area (Å²) < 4.78 is 8.30. The molecule has 1 aromatic heterocycles. The number of unbranched alkanes of at least 4 members (excludes halogenated alkanes) is 2. The van der Waals surface area contributed by atoms with Crippen molar-refractivity contribution >= 4 is 16.9 Å². The van der Waals surface area contributed by atoms with Crippen molar-refractivity contribution in [2.75, 3.05) is 13.2 Å². The van der Waals surface area contributed by atoms with Crippen molar-refractivity contribution in [3.05, 3.63) is 72.1 Å². The minimum absolute atomic E-state index is 0.107. The van der Waals surface area contributed by atoms with Crippen LogP contribution in [0.25, 0.3) is 11.0 Å². The van der Waals surface area contributed by atoms with Crippen LogP contribution in [0.1, 0.15) is 42.6 Å². The van der Waals surface area contributed by atoms with Crippen molar-refractivity contribution < 1.29 is 9.53 Å². The summed E-state index contributed by atoms with van der Waals surface area (Å²) in [5.74, 6) is 1.95. The molecule has 31 heavy (non-hydrogen) atoms. The molecule has 0 aliphatic heterocycles. The molecule has 0 saturated heterocycles. The van der Waals surface area contributed by atoms with Gasteiger partial charge in [0.2, 0.25) is 5.91 Å². The van der Waals surface area contributed by atoms with E-state index in [9.17, 15) is 4.79 Å². The molecular weight excluding hydrogens is 386 g/mol.